The van der Waals surface area contributed by atoms with Crippen molar-refractivity contribution in [2.24, 2.45) is 10.1 Å². The maximum Gasteiger partial charge on any atom is 0.211 e. The van der Waals surface area contributed by atoms with Gasteiger partial charge >= 0.3 is 0 Å². The van der Waals surface area contributed by atoms with Crippen molar-refractivity contribution in [1.82, 2.24) is 4.68 Å². The third-order valence-corrected chi connectivity index (χ3v) is 5.27. The maximum absolute atomic E-state index is 5.60. The minimum absolute atomic E-state index is 0.756. The second-order valence-electron chi connectivity index (χ2n) is 6.87. The molecular formula is C23H22N4OS. The molecule has 2 heterocycles. The normalized spacial score (nSPS) is 12.0. The first kappa shape index (κ1) is 19.0. The van der Waals surface area contributed by atoms with E-state index in [2.05, 4.69) is 48.2 Å². The Balaban J connectivity index is 1.75. The van der Waals surface area contributed by atoms with Crippen LogP contribution in [0, 0.1) is 6.92 Å². The Hall–Kier alpha value is -3.38. The van der Waals surface area contributed by atoms with Crippen molar-refractivity contribution in [2.45, 2.75) is 6.92 Å². The summed E-state index contributed by atoms with van der Waals surface area (Å²) in [7, 11) is 4.05. The fraction of sp³-hybridized carbons (Fsp3) is 0.130. The lowest BCUT2D eigenvalue weighted by Crippen LogP contribution is -2.11. The molecule has 0 unspecified atom stereocenters. The lowest BCUT2D eigenvalue weighted by molar-refractivity contribution is 0.575. The van der Waals surface area contributed by atoms with Gasteiger partial charge in [0, 0.05) is 25.2 Å². The molecule has 0 aliphatic carbocycles. The van der Waals surface area contributed by atoms with Crippen LogP contribution in [0.3, 0.4) is 0 Å². The molecule has 0 saturated carbocycles. The van der Waals surface area contributed by atoms with Gasteiger partial charge in [-0.25, -0.2) is 9.67 Å². The van der Waals surface area contributed by atoms with E-state index in [1.807, 2.05) is 54.6 Å². The molecule has 0 spiro atoms. The van der Waals surface area contributed by atoms with Gasteiger partial charge in [0.05, 0.1) is 18.2 Å². The number of benzene rings is 2. The van der Waals surface area contributed by atoms with Crippen LogP contribution in [-0.2, 0) is 0 Å². The Labute approximate surface area is 173 Å². The number of furan rings is 1. The van der Waals surface area contributed by atoms with Gasteiger partial charge in [-0.1, -0.05) is 29.8 Å². The number of thiazole rings is 1. The topological polar surface area (TPSA) is 46.0 Å². The summed E-state index contributed by atoms with van der Waals surface area (Å²) in [6.07, 6.45) is 3.50. The molecule has 0 fully saturated rings. The fourth-order valence-corrected chi connectivity index (χ4v) is 3.63. The van der Waals surface area contributed by atoms with E-state index < -0.39 is 0 Å². The smallest absolute Gasteiger partial charge is 0.211 e. The van der Waals surface area contributed by atoms with Crippen LogP contribution in [0.1, 0.15) is 11.1 Å². The van der Waals surface area contributed by atoms with E-state index in [9.17, 15) is 0 Å². The van der Waals surface area contributed by atoms with Crippen molar-refractivity contribution in [3.63, 3.8) is 0 Å². The average Bonchev–Trinajstić information content (AvgIpc) is 3.38. The van der Waals surface area contributed by atoms with Crippen molar-refractivity contribution in [1.29, 1.82) is 0 Å². The molecular weight excluding hydrogens is 380 g/mol. The van der Waals surface area contributed by atoms with Crippen LogP contribution in [0.15, 0.2) is 86.8 Å². The zero-order valence-corrected chi connectivity index (χ0v) is 17.4. The number of rotatable bonds is 5. The van der Waals surface area contributed by atoms with Gasteiger partial charge in [-0.3, -0.25) is 0 Å². The van der Waals surface area contributed by atoms with Gasteiger partial charge in [-0.2, -0.15) is 5.10 Å². The van der Waals surface area contributed by atoms with E-state index in [-0.39, 0.29) is 0 Å². The molecule has 29 heavy (non-hydrogen) atoms. The summed E-state index contributed by atoms with van der Waals surface area (Å²) >= 11 is 1.53. The zero-order valence-electron chi connectivity index (χ0n) is 16.6. The highest BCUT2D eigenvalue weighted by Gasteiger charge is 2.10. The first-order valence-electron chi connectivity index (χ1n) is 9.28. The maximum atomic E-state index is 5.60. The summed E-state index contributed by atoms with van der Waals surface area (Å²) in [6.45, 7) is 2.07. The summed E-state index contributed by atoms with van der Waals surface area (Å²) in [6, 6.07) is 20.2. The highest BCUT2D eigenvalue weighted by Crippen LogP contribution is 2.21. The highest BCUT2D eigenvalue weighted by atomic mass is 32.1. The lowest BCUT2D eigenvalue weighted by Gasteiger charge is -2.11. The second-order valence-corrected chi connectivity index (χ2v) is 7.71. The van der Waals surface area contributed by atoms with Crippen LogP contribution in [0.5, 0.6) is 0 Å². The Kier molecular flexibility index (Phi) is 5.44. The van der Waals surface area contributed by atoms with E-state index >= 15 is 0 Å². The average molecular weight is 403 g/mol. The van der Waals surface area contributed by atoms with Crippen LogP contribution in [-0.4, -0.2) is 25.0 Å². The molecule has 2 aromatic heterocycles. The van der Waals surface area contributed by atoms with Crippen molar-refractivity contribution in [3.05, 3.63) is 88.2 Å². The molecule has 146 valence electrons. The predicted molar refractivity (Wildman–Crippen MR) is 120 cm³/mol. The molecule has 0 radical (unpaired) electrons. The molecule has 0 atom stereocenters. The Morgan fingerprint density at radius 2 is 1.76 bits per heavy atom. The van der Waals surface area contributed by atoms with Gasteiger partial charge in [-0.15, -0.1) is 11.3 Å². The molecule has 0 bridgehead atoms. The molecule has 0 amide bonds. The van der Waals surface area contributed by atoms with E-state index in [0.717, 1.165) is 33.2 Å². The Bertz CT molecular complexity index is 1170. The van der Waals surface area contributed by atoms with Crippen LogP contribution in [0.2, 0.25) is 0 Å². The predicted octanol–water partition coefficient (Wildman–Crippen LogP) is 5.30. The van der Waals surface area contributed by atoms with Crippen molar-refractivity contribution in [2.75, 3.05) is 19.0 Å². The third-order valence-electron chi connectivity index (χ3n) is 4.45. The summed E-state index contributed by atoms with van der Waals surface area (Å²) in [4.78, 5) is 7.63. The molecule has 0 N–H and O–H groups in total. The fourth-order valence-electron chi connectivity index (χ4n) is 2.80. The van der Waals surface area contributed by atoms with E-state index in [4.69, 9.17) is 14.5 Å². The number of aromatic nitrogens is 1. The van der Waals surface area contributed by atoms with Gasteiger partial charge in [0.1, 0.15) is 5.69 Å². The van der Waals surface area contributed by atoms with Crippen LogP contribution in [0.4, 0.5) is 11.4 Å². The van der Waals surface area contributed by atoms with Gasteiger partial charge in [0.15, 0.2) is 5.76 Å². The number of hydrogen-bond donors (Lipinski definition) is 0. The van der Waals surface area contributed by atoms with Crippen molar-refractivity contribution in [3.8, 4) is 11.5 Å². The van der Waals surface area contributed by atoms with E-state index in [1.54, 1.807) is 6.26 Å². The Morgan fingerprint density at radius 1 is 1.00 bits per heavy atom. The number of aryl methyl sites for hydroxylation is 1. The molecule has 0 saturated heterocycles. The minimum atomic E-state index is 0.756. The molecule has 6 heteroatoms. The van der Waals surface area contributed by atoms with Crippen LogP contribution < -0.4 is 9.70 Å². The molecule has 2 aromatic carbocycles. The SMILES string of the molecule is Cc1ccc(N=c2scc(-c3ccco3)n2N=Cc2ccc(N(C)C)cc2)cc1. The van der Waals surface area contributed by atoms with E-state index in [0.29, 0.717) is 0 Å². The van der Waals surface area contributed by atoms with Gasteiger partial charge in [0.2, 0.25) is 4.80 Å². The molecule has 0 aliphatic heterocycles. The summed E-state index contributed by atoms with van der Waals surface area (Å²) in [5, 5.41) is 6.73. The molecule has 4 aromatic rings. The Morgan fingerprint density at radius 3 is 2.41 bits per heavy atom. The summed E-state index contributed by atoms with van der Waals surface area (Å²) < 4.78 is 7.42. The summed E-state index contributed by atoms with van der Waals surface area (Å²) in [5.41, 5.74) is 5.13. The van der Waals surface area contributed by atoms with Gasteiger partial charge in [0.25, 0.3) is 0 Å². The standard InChI is InChI=1S/C23H22N4OS/c1-17-6-10-19(11-7-17)25-23-27(21(16-29-23)22-5-4-14-28-22)24-15-18-8-12-20(13-9-18)26(2)3/h4-16H,1-3H3. The summed E-state index contributed by atoms with van der Waals surface area (Å²) in [5.74, 6) is 0.756. The number of anilines is 1. The number of nitrogens with zero attached hydrogens (tertiary/aromatic N) is 4. The highest BCUT2D eigenvalue weighted by molar-refractivity contribution is 7.07. The lowest BCUT2D eigenvalue weighted by atomic mass is 10.2. The molecule has 0 aliphatic rings. The number of hydrogen-bond acceptors (Lipinski definition) is 5. The third kappa shape index (κ3) is 4.38. The quantitative estimate of drug-likeness (QED) is 0.425. The second kappa shape index (κ2) is 8.32. The van der Waals surface area contributed by atoms with Gasteiger partial charge < -0.3 is 9.32 Å². The van der Waals surface area contributed by atoms with Gasteiger partial charge in [-0.05, 0) is 48.9 Å². The monoisotopic (exact) mass is 402 g/mol. The molecule has 4 rings (SSSR count). The largest absolute Gasteiger partial charge is 0.463 e. The minimum Gasteiger partial charge on any atom is -0.463 e. The van der Waals surface area contributed by atoms with Crippen LogP contribution in [0.25, 0.3) is 11.5 Å². The van der Waals surface area contributed by atoms with Crippen molar-refractivity contribution >= 4 is 28.9 Å². The first-order valence-corrected chi connectivity index (χ1v) is 10.2. The van der Waals surface area contributed by atoms with Crippen molar-refractivity contribution < 1.29 is 4.42 Å². The van der Waals surface area contributed by atoms with E-state index in [1.165, 1.54) is 16.9 Å². The zero-order chi connectivity index (χ0) is 20.2. The molecule has 5 nitrogen and oxygen atoms in total. The first-order chi connectivity index (χ1) is 14.1. The van der Waals surface area contributed by atoms with Crippen LogP contribution >= 0.6 is 11.3 Å².